The molecule has 0 atom stereocenters. The highest BCUT2D eigenvalue weighted by atomic mass is 32.1. The zero-order chi connectivity index (χ0) is 14.4. The second-order valence-corrected chi connectivity index (χ2v) is 5.59. The molecule has 0 aliphatic carbocycles. The molecule has 6 heteroatoms. The van der Waals surface area contributed by atoms with Crippen LogP contribution in [0.4, 0.5) is 4.39 Å². The van der Waals surface area contributed by atoms with Crippen molar-refractivity contribution in [2.24, 2.45) is 4.99 Å². The largest absolute Gasteiger partial charge is 0.352 e. The maximum atomic E-state index is 12.8. The van der Waals surface area contributed by atoms with Gasteiger partial charge in [-0.3, -0.25) is 4.99 Å². The average Bonchev–Trinajstić information content (AvgIpc) is 2.87. The van der Waals surface area contributed by atoms with Crippen molar-refractivity contribution in [3.05, 3.63) is 51.7 Å². The second-order valence-electron chi connectivity index (χ2n) is 4.27. The smallest absolute Gasteiger partial charge is 0.191 e. The van der Waals surface area contributed by atoms with Crippen LogP contribution in [-0.2, 0) is 13.1 Å². The van der Waals surface area contributed by atoms with Crippen LogP contribution in [0.3, 0.4) is 0 Å². The Kier molecular flexibility index (Phi) is 5.06. The van der Waals surface area contributed by atoms with Crippen molar-refractivity contribution >= 4 is 17.3 Å². The minimum Gasteiger partial charge on any atom is -0.352 e. The molecule has 106 valence electrons. The van der Waals surface area contributed by atoms with Gasteiger partial charge in [-0.15, -0.1) is 11.3 Å². The molecule has 0 spiro atoms. The quantitative estimate of drug-likeness (QED) is 0.672. The molecule has 0 aliphatic rings. The van der Waals surface area contributed by atoms with Gasteiger partial charge in [-0.05, 0) is 24.6 Å². The van der Waals surface area contributed by atoms with Crippen molar-refractivity contribution in [1.29, 1.82) is 0 Å². The summed E-state index contributed by atoms with van der Waals surface area (Å²) in [5, 5.41) is 7.39. The monoisotopic (exact) mass is 292 g/mol. The lowest BCUT2D eigenvalue weighted by Crippen LogP contribution is -2.36. The van der Waals surface area contributed by atoms with Crippen molar-refractivity contribution in [2.45, 2.75) is 20.0 Å². The maximum Gasteiger partial charge on any atom is 0.191 e. The number of halogens is 1. The van der Waals surface area contributed by atoms with Crippen LogP contribution in [0, 0.1) is 12.7 Å². The number of nitrogens with zero attached hydrogens (tertiary/aromatic N) is 2. The van der Waals surface area contributed by atoms with Gasteiger partial charge >= 0.3 is 0 Å². The molecular weight excluding hydrogens is 275 g/mol. The molecule has 1 heterocycles. The SMILES string of the molecule is CN=C(NCc1ccc(F)cc1)NCc1ncc(C)s1. The van der Waals surface area contributed by atoms with E-state index in [1.165, 1.54) is 17.0 Å². The Bertz CT molecular complexity index is 577. The van der Waals surface area contributed by atoms with Gasteiger partial charge in [0.25, 0.3) is 0 Å². The molecule has 1 aromatic heterocycles. The fraction of sp³-hybridized carbons (Fsp3) is 0.286. The lowest BCUT2D eigenvalue weighted by molar-refractivity contribution is 0.626. The van der Waals surface area contributed by atoms with Crippen LogP contribution in [0.5, 0.6) is 0 Å². The molecule has 0 saturated heterocycles. The molecule has 2 aromatic rings. The Morgan fingerprint density at radius 3 is 2.55 bits per heavy atom. The normalized spacial score (nSPS) is 11.4. The average molecular weight is 292 g/mol. The predicted octanol–water partition coefficient (Wildman–Crippen LogP) is 2.46. The number of aliphatic imine (C=N–C) groups is 1. The van der Waals surface area contributed by atoms with E-state index in [9.17, 15) is 4.39 Å². The summed E-state index contributed by atoms with van der Waals surface area (Å²) in [4.78, 5) is 9.61. The molecule has 0 aliphatic heterocycles. The van der Waals surface area contributed by atoms with Crippen molar-refractivity contribution in [2.75, 3.05) is 7.05 Å². The lowest BCUT2D eigenvalue weighted by atomic mass is 10.2. The van der Waals surface area contributed by atoms with Gasteiger partial charge in [-0.25, -0.2) is 9.37 Å². The summed E-state index contributed by atoms with van der Waals surface area (Å²) in [6, 6.07) is 6.40. The van der Waals surface area contributed by atoms with Gasteiger partial charge in [0.15, 0.2) is 5.96 Å². The minimum absolute atomic E-state index is 0.226. The molecule has 20 heavy (non-hydrogen) atoms. The molecule has 0 amide bonds. The summed E-state index contributed by atoms with van der Waals surface area (Å²) < 4.78 is 12.8. The van der Waals surface area contributed by atoms with Gasteiger partial charge in [0.1, 0.15) is 10.8 Å². The Labute approximate surface area is 121 Å². The van der Waals surface area contributed by atoms with Crippen LogP contribution >= 0.6 is 11.3 Å². The number of hydrogen-bond donors (Lipinski definition) is 2. The van der Waals surface area contributed by atoms with E-state index >= 15 is 0 Å². The van der Waals surface area contributed by atoms with Gasteiger partial charge in [-0.2, -0.15) is 0 Å². The number of benzene rings is 1. The van der Waals surface area contributed by atoms with E-state index in [-0.39, 0.29) is 5.82 Å². The molecule has 0 radical (unpaired) electrons. The van der Waals surface area contributed by atoms with Gasteiger partial charge in [0.2, 0.25) is 0 Å². The first-order valence-electron chi connectivity index (χ1n) is 6.27. The third-order valence-electron chi connectivity index (χ3n) is 2.67. The summed E-state index contributed by atoms with van der Waals surface area (Å²) in [5.74, 6) is 0.470. The van der Waals surface area contributed by atoms with Crippen molar-refractivity contribution in [3.63, 3.8) is 0 Å². The first-order valence-corrected chi connectivity index (χ1v) is 7.09. The number of guanidine groups is 1. The molecule has 2 rings (SSSR count). The lowest BCUT2D eigenvalue weighted by Gasteiger charge is -2.10. The molecule has 2 N–H and O–H groups in total. The highest BCUT2D eigenvalue weighted by Gasteiger charge is 2.02. The summed E-state index contributed by atoms with van der Waals surface area (Å²) in [6.07, 6.45) is 1.86. The van der Waals surface area contributed by atoms with E-state index in [2.05, 4.69) is 20.6 Å². The van der Waals surface area contributed by atoms with E-state index < -0.39 is 0 Å². The van der Waals surface area contributed by atoms with E-state index in [1.807, 2.05) is 13.1 Å². The summed E-state index contributed by atoms with van der Waals surface area (Å²) in [5.41, 5.74) is 0.999. The van der Waals surface area contributed by atoms with Crippen LogP contribution in [0.25, 0.3) is 0 Å². The summed E-state index contributed by atoms with van der Waals surface area (Å²) in [6.45, 7) is 3.27. The molecule has 1 aromatic carbocycles. The Balaban J connectivity index is 1.82. The molecule has 0 unspecified atom stereocenters. The molecular formula is C14H17FN4S. The minimum atomic E-state index is -0.226. The molecule has 0 fully saturated rings. The summed E-state index contributed by atoms with van der Waals surface area (Å²) >= 11 is 1.66. The summed E-state index contributed by atoms with van der Waals surface area (Å²) in [7, 11) is 1.72. The van der Waals surface area contributed by atoms with Crippen molar-refractivity contribution in [3.8, 4) is 0 Å². The van der Waals surface area contributed by atoms with Crippen LogP contribution in [-0.4, -0.2) is 18.0 Å². The standard InChI is InChI=1S/C14H17FN4S/c1-10-7-17-13(20-10)9-19-14(16-2)18-8-11-3-5-12(15)6-4-11/h3-7H,8-9H2,1-2H3,(H2,16,18,19). The fourth-order valence-electron chi connectivity index (χ4n) is 1.65. The van der Waals surface area contributed by atoms with E-state index in [4.69, 9.17) is 0 Å². The van der Waals surface area contributed by atoms with Crippen LogP contribution in [0.2, 0.25) is 0 Å². The van der Waals surface area contributed by atoms with E-state index in [1.54, 1.807) is 30.5 Å². The zero-order valence-electron chi connectivity index (χ0n) is 11.5. The van der Waals surface area contributed by atoms with Crippen LogP contribution in [0.1, 0.15) is 15.4 Å². The van der Waals surface area contributed by atoms with Crippen LogP contribution in [0.15, 0.2) is 35.5 Å². The molecule has 0 saturated carbocycles. The van der Waals surface area contributed by atoms with Gasteiger partial charge < -0.3 is 10.6 Å². The second kappa shape index (κ2) is 7.00. The Morgan fingerprint density at radius 1 is 1.25 bits per heavy atom. The number of thiazole rings is 1. The number of aromatic nitrogens is 1. The Morgan fingerprint density at radius 2 is 1.95 bits per heavy atom. The first kappa shape index (κ1) is 14.5. The first-order chi connectivity index (χ1) is 9.67. The van der Waals surface area contributed by atoms with E-state index in [0.29, 0.717) is 19.0 Å². The van der Waals surface area contributed by atoms with E-state index in [0.717, 1.165) is 10.6 Å². The van der Waals surface area contributed by atoms with Gasteiger partial charge in [-0.1, -0.05) is 12.1 Å². The number of nitrogens with one attached hydrogen (secondary N) is 2. The van der Waals surface area contributed by atoms with Gasteiger partial charge in [0, 0.05) is 24.7 Å². The third kappa shape index (κ3) is 4.31. The fourth-order valence-corrected chi connectivity index (χ4v) is 2.38. The maximum absolute atomic E-state index is 12.8. The third-order valence-corrected chi connectivity index (χ3v) is 3.59. The number of aryl methyl sites for hydroxylation is 1. The van der Waals surface area contributed by atoms with Crippen molar-refractivity contribution < 1.29 is 4.39 Å². The number of hydrogen-bond acceptors (Lipinski definition) is 3. The van der Waals surface area contributed by atoms with Crippen molar-refractivity contribution in [1.82, 2.24) is 15.6 Å². The number of rotatable bonds is 4. The predicted molar refractivity (Wildman–Crippen MR) is 80.3 cm³/mol. The highest BCUT2D eigenvalue weighted by molar-refractivity contribution is 7.11. The van der Waals surface area contributed by atoms with Crippen LogP contribution < -0.4 is 10.6 Å². The molecule has 4 nitrogen and oxygen atoms in total. The topological polar surface area (TPSA) is 49.3 Å². The zero-order valence-corrected chi connectivity index (χ0v) is 12.3. The Hall–Kier alpha value is -1.95. The highest BCUT2D eigenvalue weighted by Crippen LogP contribution is 2.10. The molecule has 0 bridgehead atoms. The van der Waals surface area contributed by atoms with Gasteiger partial charge in [0.05, 0.1) is 6.54 Å².